The average Bonchev–Trinajstić information content (AvgIpc) is 2.71. The van der Waals surface area contributed by atoms with E-state index in [2.05, 4.69) is 21.2 Å². The van der Waals surface area contributed by atoms with E-state index in [4.69, 9.17) is 21.1 Å². The summed E-state index contributed by atoms with van der Waals surface area (Å²) in [5.74, 6) is 3.13. The van der Waals surface area contributed by atoms with E-state index < -0.39 is 5.91 Å². The van der Waals surface area contributed by atoms with Gasteiger partial charge in [0.05, 0.1) is 12.6 Å². The Labute approximate surface area is 155 Å². The molecule has 27 heavy (non-hydrogen) atoms. The van der Waals surface area contributed by atoms with E-state index in [9.17, 15) is 4.79 Å². The standard InChI is InChI=1S/C19H16N4O4/c1-3-12-5-4-6-13(7-12)22-19-14-8-17(27-10-18(24)23-25)16(26-2)9-15(14)20-11-21-19/h1,4-9,11,25H,10H2,2H3,(H,23,24)(H,20,21,22). The zero-order chi connectivity index (χ0) is 19.2. The second-order valence-corrected chi connectivity index (χ2v) is 5.42. The van der Waals surface area contributed by atoms with Gasteiger partial charge in [-0.05, 0) is 24.3 Å². The number of rotatable bonds is 6. The molecule has 1 aromatic heterocycles. The van der Waals surface area contributed by atoms with Crippen molar-refractivity contribution in [1.29, 1.82) is 0 Å². The Balaban J connectivity index is 2.00. The topological polar surface area (TPSA) is 106 Å². The first-order valence-electron chi connectivity index (χ1n) is 7.86. The van der Waals surface area contributed by atoms with E-state index in [1.807, 2.05) is 24.3 Å². The summed E-state index contributed by atoms with van der Waals surface area (Å²) >= 11 is 0. The molecule has 2 aromatic carbocycles. The number of fused-ring (bicyclic) bond motifs is 1. The molecule has 136 valence electrons. The summed E-state index contributed by atoms with van der Waals surface area (Å²) in [4.78, 5) is 19.8. The number of anilines is 2. The minimum absolute atomic E-state index is 0.309. The zero-order valence-electron chi connectivity index (χ0n) is 14.4. The minimum Gasteiger partial charge on any atom is -0.493 e. The smallest absolute Gasteiger partial charge is 0.281 e. The Morgan fingerprint density at radius 3 is 2.85 bits per heavy atom. The lowest BCUT2D eigenvalue weighted by molar-refractivity contribution is -0.131. The molecule has 0 bridgehead atoms. The van der Waals surface area contributed by atoms with Crippen molar-refractivity contribution in [2.24, 2.45) is 0 Å². The van der Waals surface area contributed by atoms with Crippen LogP contribution in [0.3, 0.4) is 0 Å². The zero-order valence-corrected chi connectivity index (χ0v) is 14.4. The maximum absolute atomic E-state index is 11.2. The van der Waals surface area contributed by atoms with Crippen molar-refractivity contribution < 1.29 is 19.5 Å². The van der Waals surface area contributed by atoms with Crippen LogP contribution in [0.15, 0.2) is 42.7 Å². The summed E-state index contributed by atoms with van der Waals surface area (Å²) in [7, 11) is 1.48. The van der Waals surface area contributed by atoms with Crippen molar-refractivity contribution in [3.63, 3.8) is 0 Å². The summed E-state index contributed by atoms with van der Waals surface area (Å²) < 4.78 is 10.7. The summed E-state index contributed by atoms with van der Waals surface area (Å²) in [5.41, 5.74) is 3.63. The van der Waals surface area contributed by atoms with Gasteiger partial charge < -0.3 is 14.8 Å². The number of terminal acetylenes is 1. The fourth-order valence-electron chi connectivity index (χ4n) is 2.43. The van der Waals surface area contributed by atoms with Gasteiger partial charge in [-0.3, -0.25) is 10.0 Å². The highest BCUT2D eigenvalue weighted by Crippen LogP contribution is 2.34. The van der Waals surface area contributed by atoms with Crippen LogP contribution >= 0.6 is 0 Å². The van der Waals surface area contributed by atoms with Gasteiger partial charge in [-0.1, -0.05) is 12.0 Å². The highest BCUT2D eigenvalue weighted by atomic mass is 16.5. The lowest BCUT2D eigenvalue weighted by Gasteiger charge is -2.13. The molecule has 3 N–H and O–H groups in total. The number of hydrogen-bond acceptors (Lipinski definition) is 7. The molecule has 0 aliphatic heterocycles. The number of carbonyl (C=O) groups excluding carboxylic acids is 1. The van der Waals surface area contributed by atoms with Crippen molar-refractivity contribution in [2.45, 2.75) is 0 Å². The third-order valence-electron chi connectivity index (χ3n) is 3.70. The number of nitrogens with one attached hydrogen (secondary N) is 2. The number of ether oxygens (including phenoxy) is 2. The minimum atomic E-state index is -0.689. The normalized spacial score (nSPS) is 10.1. The number of aromatic nitrogens is 2. The van der Waals surface area contributed by atoms with Crippen LogP contribution < -0.4 is 20.3 Å². The van der Waals surface area contributed by atoms with E-state index >= 15 is 0 Å². The number of nitrogens with zero attached hydrogens (tertiary/aromatic N) is 2. The molecule has 8 heteroatoms. The Morgan fingerprint density at radius 2 is 2.11 bits per heavy atom. The number of hydrogen-bond donors (Lipinski definition) is 3. The number of benzene rings is 2. The number of methoxy groups -OCH3 is 1. The maximum Gasteiger partial charge on any atom is 0.281 e. The summed E-state index contributed by atoms with van der Waals surface area (Å²) in [6.45, 7) is -0.376. The van der Waals surface area contributed by atoms with Crippen LogP contribution in [-0.4, -0.2) is 34.8 Å². The monoisotopic (exact) mass is 364 g/mol. The fraction of sp³-hybridized carbons (Fsp3) is 0.105. The van der Waals surface area contributed by atoms with Gasteiger partial charge in [0.1, 0.15) is 12.1 Å². The van der Waals surface area contributed by atoms with Gasteiger partial charge in [0.2, 0.25) is 0 Å². The molecule has 3 rings (SSSR count). The van der Waals surface area contributed by atoms with E-state index in [0.717, 1.165) is 11.3 Å². The Hall–Kier alpha value is -3.83. The van der Waals surface area contributed by atoms with Crippen LogP contribution in [0.4, 0.5) is 11.5 Å². The quantitative estimate of drug-likeness (QED) is 0.350. The number of amides is 1. The summed E-state index contributed by atoms with van der Waals surface area (Å²) in [6, 6.07) is 10.7. The first kappa shape index (κ1) is 18.0. The molecule has 8 nitrogen and oxygen atoms in total. The lowest BCUT2D eigenvalue weighted by Crippen LogP contribution is -2.25. The molecule has 0 unspecified atom stereocenters. The summed E-state index contributed by atoms with van der Waals surface area (Å²) in [5, 5.41) is 12.5. The van der Waals surface area contributed by atoms with E-state index in [0.29, 0.717) is 28.2 Å². The van der Waals surface area contributed by atoms with Gasteiger partial charge in [-0.25, -0.2) is 15.4 Å². The van der Waals surface area contributed by atoms with Crippen molar-refractivity contribution >= 4 is 28.3 Å². The molecule has 3 aromatic rings. The highest BCUT2D eigenvalue weighted by Gasteiger charge is 2.13. The van der Waals surface area contributed by atoms with Gasteiger partial charge in [0.15, 0.2) is 18.1 Å². The first-order valence-corrected chi connectivity index (χ1v) is 7.86. The van der Waals surface area contributed by atoms with Crippen molar-refractivity contribution in [3.05, 3.63) is 48.3 Å². The van der Waals surface area contributed by atoms with Crippen LogP contribution in [0, 0.1) is 12.3 Å². The van der Waals surface area contributed by atoms with Gasteiger partial charge in [-0.15, -0.1) is 6.42 Å². The molecule has 0 atom stereocenters. The Kier molecular flexibility index (Phi) is 5.35. The fourth-order valence-corrected chi connectivity index (χ4v) is 2.43. The van der Waals surface area contributed by atoms with Gasteiger partial charge in [0, 0.05) is 22.7 Å². The van der Waals surface area contributed by atoms with E-state index in [1.54, 1.807) is 12.1 Å². The van der Waals surface area contributed by atoms with Gasteiger partial charge in [-0.2, -0.15) is 0 Å². The van der Waals surface area contributed by atoms with Gasteiger partial charge >= 0.3 is 0 Å². The van der Waals surface area contributed by atoms with Crippen LogP contribution in [0.1, 0.15) is 5.56 Å². The third-order valence-corrected chi connectivity index (χ3v) is 3.70. The van der Waals surface area contributed by atoms with Crippen LogP contribution in [0.2, 0.25) is 0 Å². The van der Waals surface area contributed by atoms with Crippen molar-refractivity contribution in [3.8, 4) is 23.8 Å². The number of carbonyl (C=O) groups is 1. The maximum atomic E-state index is 11.2. The van der Waals surface area contributed by atoms with Crippen LogP contribution in [0.25, 0.3) is 10.9 Å². The molecule has 0 aliphatic rings. The molecule has 0 saturated heterocycles. The third kappa shape index (κ3) is 4.05. The molecular formula is C19H16N4O4. The highest BCUT2D eigenvalue weighted by molar-refractivity contribution is 5.93. The van der Waals surface area contributed by atoms with Crippen molar-refractivity contribution in [2.75, 3.05) is 19.0 Å². The molecule has 0 radical (unpaired) electrons. The molecule has 0 spiro atoms. The predicted molar refractivity (Wildman–Crippen MR) is 99.2 cm³/mol. The second-order valence-electron chi connectivity index (χ2n) is 5.42. The SMILES string of the molecule is C#Cc1cccc(Nc2ncnc3cc(OC)c(OCC(=O)NO)cc23)c1. The number of hydroxylamine groups is 1. The van der Waals surface area contributed by atoms with Crippen molar-refractivity contribution in [1.82, 2.24) is 15.4 Å². The molecule has 1 heterocycles. The predicted octanol–water partition coefficient (Wildman–Crippen LogP) is 2.25. The molecule has 0 fully saturated rings. The van der Waals surface area contributed by atoms with Crippen LogP contribution in [-0.2, 0) is 4.79 Å². The first-order chi connectivity index (χ1) is 13.1. The molecular weight excluding hydrogens is 348 g/mol. The Morgan fingerprint density at radius 1 is 1.26 bits per heavy atom. The molecule has 1 amide bonds. The second kappa shape index (κ2) is 8.03. The van der Waals surface area contributed by atoms with E-state index in [-0.39, 0.29) is 6.61 Å². The summed E-state index contributed by atoms with van der Waals surface area (Å²) in [6.07, 6.45) is 6.86. The average molecular weight is 364 g/mol. The van der Waals surface area contributed by atoms with Gasteiger partial charge in [0.25, 0.3) is 5.91 Å². The largest absolute Gasteiger partial charge is 0.493 e. The molecule has 0 saturated carbocycles. The Bertz CT molecular complexity index is 1030. The van der Waals surface area contributed by atoms with E-state index in [1.165, 1.54) is 18.9 Å². The van der Waals surface area contributed by atoms with Crippen LogP contribution in [0.5, 0.6) is 11.5 Å². The lowest BCUT2D eigenvalue weighted by atomic mass is 10.2. The molecule has 0 aliphatic carbocycles.